The van der Waals surface area contributed by atoms with Crippen molar-refractivity contribution in [1.82, 2.24) is 0 Å². The second kappa shape index (κ2) is 5.97. The number of ether oxygens (including phenoxy) is 1. The molecule has 0 rings (SSSR count). The fourth-order valence-electron chi connectivity index (χ4n) is 0.978. The van der Waals surface area contributed by atoms with Gasteiger partial charge >= 0.3 is 5.97 Å². The summed E-state index contributed by atoms with van der Waals surface area (Å²) in [5.41, 5.74) is -0.806. The van der Waals surface area contributed by atoms with E-state index in [1.807, 2.05) is 0 Å². The number of carbonyl (C=O) groups excluding carboxylic acids is 1. The van der Waals surface area contributed by atoms with E-state index < -0.39 is 11.6 Å². The summed E-state index contributed by atoms with van der Waals surface area (Å²) in [4.78, 5) is 11.0. The maximum Gasteiger partial charge on any atom is 0.331 e. The van der Waals surface area contributed by atoms with Crippen LogP contribution < -0.4 is 0 Å². The van der Waals surface area contributed by atoms with Gasteiger partial charge in [-0.1, -0.05) is 25.8 Å². The van der Waals surface area contributed by atoms with Gasteiger partial charge in [0.15, 0.2) is 0 Å². The van der Waals surface area contributed by atoms with Crippen molar-refractivity contribution in [2.45, 2.75) is 18.4 Å². The van der Waals surface area contributed by atoms with Crippen LogP contribution in [0.2, 0.25) is 0 Å². The van der Waals surface area contributed by atoms with Gasteiger partial charge in [-0.15, -0.1) is 6.58 Å². The quantitative estimate of drug-likeness (QED) is 0.352. The molecule has 0 aromatic rings. The van der Waals surface area contributed by atoms with Crippen LogP contribution in [0.3, 0.4) is 0 Å². The van der Waals surface area contributed by atoms with Gasteiger partial charge in [0.25, 0.3) is 0 Å². The number of esters is 1. The van der Waals surface area contributed by atoms with E-state index in [1.54, 1.807) is 18.2 Å². The van der Waals surface area contributed by atoms with Crippen LogP contribution in [0.1, 0.15) is 12.8 Å². The molecular formula is C12H16O2. The van der Waals surface area contributed by atoms with Crippen molar-refractivity contribution in [3.63, 3.8) is 0 Å². The summed E-state index contributed by atoms with van der Waals surface area (Å²) in [7, 11) is 0. The third kappa shape index (κ3) is 3.44. The third-order valence-electron chi connectivity index (χ3n) is 1.89. The van der Waals surface area contributed by atoms with E-state index in [0.29, 0.717) is 6.42 Å². The molecule has 0 aromatic heterocycles. The van der Waals surface area contributed by atoms with Gasteiger partial charge in [0, 0.05) is 6.08 Å². The van der Waals surface area contributed by atoms with Crippen LogP contribution in [-0.4, -0.2) is 11.6 Å². The van der Waals surface area contributed by atoms with Crippen molar-refractivity contribution in [3.05, 3.63) is 50.6 Å². The molecule has 0 saturated heterocycles. The fraction of sp³-hybridized carbons (Fsp3) is 0.250. The molecule has 0 amide bonds. The summed E-state index contributed by atoms with van der Waals surface area (Å²) in [6.07, 6.45) is 7.32. The maximum absolute atomic E-state index is 11.0. The van der Waals surface area contributed by atoms with Gasteiger partial charge in [0.05, 0.1) is 0 Å². The van der Waals surface area contributed by atoms with E-state index >= 15 is 0 Å². The minimum atomic E-state index is -0.806. The fourth-order valence-corrected chi connectivity index (χ4v) is 0.978. The monoisotopic (exact) mass is 192 g/mol. The van der Waals surface area contributed by atoms with E-state index in [-0.39, 0.29) is 0 Å². The van der Waals surface area contributed by atoms with Gasteiger partial charge < -0.3 is 4.74 Å². The van der Waals surface area contributed by atoms with E-state index in [1.165, 1.54) is 0 Å². The van der Waals surface area contributed by atoms with Crippen LogP contribution in [0, 0.1) is 0 Å². The molecule has 2 heteroatoms. The lowest BCUT2D eigenvalue weighted by Crippen LogP contribution is -2.29. The summed E-state index contributed by atoms with van der Waals surface area (Å²) < 4.78 is 5.15. The average molecular weight is 192 g/mol. The highest BCUT2D eigenvalue weighted by atomic mass is 16.6. The van der Waals surface area contributed by atoms with Crippen LogP contribution in [0.4, 0.5) is 0 Å². The van der Waals surface area contributed by atoms with E-state index in [4.69, 9.17) is 4.74 Å². The van der Waals surface area contributed by atoms with Crippen molar-refractivity contribution in [2.75, 3.05) is 0 Å². The van der Waals surface area contributed by atoms with Crippen LogP contribution in [0.5, 0.6) is 0 Å². The molecule has 0 spiro atoms. The van der Waals surface area contributed by atoms with Crippen LogP contribution in [-0.2, 0) is 9.53 Å². The Morgan fingerprint density at radius 1 is 1.21 bits per heavy atom. The first kappa shape index (κ1) is 12.4. The molecule has 0 atom stereocenters. The first-order valence-electron chi connectivity index (χ1n) is 4.37. The standard InChI is InChI=1S/C12H16O2/c1-5-9-10-12(7-3,8-4)14-11(13)6-2/h5-8H,1-4,9-10H2. The first-order chi connectivity index (χ1) is 6.64. The zero-order valence-electron chi connectivity index (χ0n) is 8.37. The zero-order chi connectivity index (χ0) is 11.0. The summed E-state index contributed by atoms with van der Waals surface area (Å²) in [5, 5.41) is 0. The molecule has 0 aliphatic heterocycles. The van der Waals surface area contributed by atoms with Crippen molar-refractivity contribution in [3.8, 4) is 0 Å². The molecule has 0 unspecified atom stereocenters. The van der Waals surface area contributed by atoms with Crippen LogP contribution >= 0.6 is 0 Å². The first-order valence-corrected chi connectivity index (χ1v) is 4.37. The molecule has 14 heavy (non-hydrogen) atoms. The second-order valence-corrected chi connectivity index (χ2v) is 2.82. The molecule has 76 valence electrons. The Morgan fingerprint density at radius 3 is 2.14 bits per heavy atom. The molecule has 0 radical (unpaired) electrons. The number of rotatable bonds is 7. The molecular weight excluding hydrogens is 176 g/mol. The average Bonchev–Trinajstić information content (AvgIpc) is 2.24. The van der Waals surface area contributed by atoms with Gasteiger partial charge in [-0.3, -0.25) is 0 Å². The Morgan fingerprint density at radius 2 is 1.79 bits per heavy atom. The lowest BCUT2D eigenvalue weighted by molar-refractivity contribution is -0.145. The molecule has 0 heterocycles. The van der Waals surface area contributed by atoms with Crippen molar-refractivity contribution < 1.29 is 9.53 Å². The Balaban J connectivity index is 4.58. The van der Waals surface area contributed by atoms with Gasteiger partial charge in [0.1, 0.15) is 5.60 Å². The summed E-state index contributed by atoms with van der Waals surface area (Å²) in [6, 6.07) is 0. The molecule has 0 aliphatic carbocycles. The molecule has 0 bridgehead atoms. The predicted octanol–water partition coefficient (Wildman–Crippen LogP) is 2.79. The lowest BCUT2D eigenvalue weighted by atomic mass is 9.97. The van der Waals surface area contributed by atoms with E-state index in [9.17, 15) is 4.79 Å². The summed E-state index contributed by atoms with van der Waals surface area (Å²) in [6.45, 7) is 14.2. The van der Waals surface area contributed by atoms with Crippen LogP contribution in [0.25, 0.3) is 0 Å². The summed E-state index contributed by atoms with van der Waals surface area (Å²) >= 11 is 0. The molecule has 0 fully saturated rings. The minimum absolute atomic E-state index is 0.478. The SMILES string of the molecule is C=CCCC(C=C)(C=C)OC(=O)C=C. The molecule has 0 aromatic carbocycles. The Hall–Kier alpha value is -1.57. The number of hydrogen-bond donors (Lipinski definition) is 0. The normalized spacial score (nSPS) is 10.0. The summed E-state index contributed by atoms with van der Waals surface area (Å²) in [5.74, 6) is -0.478. The van der Waals surface area contributed by atoms with Gasteiger partial charge in [0.2, 0.25) is 0 Å². The van der Waals surface area contributed by atoms with Gasteiger partial charge in [-0.2, -0.15) is 0 Å². The Labute approximate surface area is 85.3 Å². The zero-order valence-corrected chi connectivity index (χ0v) is 8.37. The van der Waals surface area contributed by atoms with Gasteiger partial charge in [-0.25, -0.2) is 4.79 Å². The Bertz CT molecular complexity index is 243. The van der Waals surface area contributed by atoms with Crippen molar-refractivity contribution in [2.24, 2.45) is 0 Å². The molecule has 0 aliphatic rings. The van der Waals surface area contributed by atoms with Crippen LogP contribution in [0.15, 0.2) is 50.6 Å². The molecule has 2 nitrogen and oxygen atoms in total. The number of hydrogen-bond acceptors (Lipinski definition) is 2. The predicted molar refractivity (Wildman–Crippen MR) is 58.8 cm³/mol. The topological polar surface area (TPSA) is 26.3 Å². The largest absolute Gasteiger partial charge is 0.447 e. The lowest BCUT2D eigenvalue weighted by Gasteiger charge is -2.25. The highest BCUT2D eigenvalue weighted by molar-refractivity contribution is 5.81. The Kier molecular flexibility index (Phi) is 5.30. The van der Waals surface area contributed by atoms with E-state index in [0.717, 1.165) is 12.5 Å². The highest BCUT2D eigenvalue weighted by Crippen LogP contribution is 2.21. The number of allylic oxidation sites excluding steroid dienone is 1. The second-order valence-electron chi connectivity index (χ2n) is 2.82. The highest BCUT2D eigenvalue weighted by Gasteiger charge is 2.25. The van der Waals surface area contributed by atoms with E-state index in [2.05, 4.69) is 26.3 Å². The minimum Gasteiger partial charge on any atom is -0.447 e. The van der Waals surface area contributed by atoms with Gasteiger partial charge in [-0.05, 0) is 25.0 Å². The number of carbonyl (C=O) groups is 1. The smallest absolute Gasteiger partial charge is 0.331 e. The maximum atomic E-state index is 11.0. The molecule has 0 N–H and O–H groups in total. The third-order valence-corrected chi connectivity index (χ3v) is 1.89. The molecule has 0 saturated carbocycles. The van der Waals surface area contributed by atoms with Crippen molar-refractivity contribution in [1.29, 1.82) is 0 Å². The van der Waals surface area contributed by atoms with Crippen molar-refractivity contribution >= 4 is 5.97 Å².